The summed E-state index contributed by atoms with van der Waals surface area (Å²) in [5.41, 5.74) is 2.35. The number of fused-ring (bicyclic) bond motifs is 1. The molecule has 0 heterocycles. The van der Waals surface area contributed by atoms with Crippen molar-refractivity contribution in [3.05, 3.63) is 70.7 Å². The zero-order chi connectivity index (χ0) is 14.7. The third kappa shape index (κ3) is 3.37. The van der Waals surface area contributed by atoms with E-state index in [1.807, 2.05) is 12.1 Å². The Kier molecular flexibility index (Phi) is 4.11. The van der Waals surface area contributed by atoms with Crippen LogP contribution >= 0.6 is 15.9 Å². The molecule has 3 aromatic carbocycles. The molecule has 2 nitrogen and oxygen atoms in total. The second kappa shape index (κ2) is 6.19. The fraction of sp³-hybridized carbons (Fsp3) is 0.111. The average molecular weight is 342 g/mol. The van der Waals surface area contributed by atoms with E-state index in [2.05, 4.69) is 69.8 Å². The van der Waals surface area contributed by atoms with E-state index in [1.165, 1.54) is 16.3 Å². The van der Waals surface area contributed by atoms with Gasteiger partial charge in [-0.1, -0.05) is 40.2 Å². The van der Waals surface area contributed by atoms with E-state index < -0.39 is 0 Å². The number of benzene rings is 3. The van der Waals surface area contributed by atoms with Gasteiger partial charge in [0.05, 0.1) is 7.11 Å². The van der Waals surface area contributed by atoms with Crippen molar-refractivity contribution in [2.24, 2.45) is 0 Å². The molecule has 3 heteroatoms. The Balaban J connectivity index is 1.73. The number of ether oxygens (including phenoxy) is 1. The number of methoxy groups -OCH3 is 1. The lowest BCUT2D eigenvalue weighted by Crippen LogP contribution is -1.99. The first-order chi connectivity index (χ1) is 10.2. The van der Waals surface area contributed by atoms with Crippen LogP contribution < -0.4 is 10.1 Å². The number of hydrogen-bond acceptors (Lipinski definition) is 2. The van der Waals surface area contributed by atoms with Crippen LogP contribution in [-0.4, -0.2) is 7.11 Å². The maximum Gasteiger partial charge on any atom is 0.118 e. The lowest BCUT2D eigenvalue weighted by atomic mass is 10.1. The summed E-state index contributed by atoms with van der Waals surface area (Å²) in [6.45, 7) is 0.798. The Morgan fingerprint density at radius 3 is 2.38 bits per heavy atom. The topological polar surface area (TPSA) is 21.3 Å². The first-order valence-corrected chi connectivity index (χ1v) is 7.60. The molecule has 0 saturated carbocycles. The molecule has 0 amide bonds. The minimum absolute atomic E-state index is 0.798. The minimum Gasteiger partial charge on any atom is -0.497 e. The molecule has 0 spiro atoms. The molecule has 0 aliphatic rings. The molecule has 21 heavy (non-hydrogen) atoms. The van der Waals surface area contributed by atoms with Gasteiger partial charge in [-0.3, -0.25) is 0 Å². The van der Waals surface area contributed by atoms with Gasteiger partial charge in [-0.05, 0) is 52.7 Å². The zero-order valence-electron chi connectivity index (χ0n) is 11.8. The van der Waals surface area contributed by atoms with E-state index in [9.17, 15) is 0 Å². The van der Waals surface area contributed by atoms with Crippen molar-refractivity contribution in [3.63, 3.8) is 0 Å². The van der Waals surface area contributed by atoms with Crippen molar-refractivity contribution in [2.45, 2.75) is 6.54 Å². The van der Waals surface area contributed by atoms with Crippen molar-refractivity contribution >= 4 is 32.4 Å². The lowest BCUT2D eigenvalue weighted by molar-refractivity contribution is 0.414. The molecular weight excluding hydrogens is 326 g/mol. The SMILES string of the molecule is COc1ccc(CNc2ccc3cc(Br)ccc3c2)cc1. The monoisotopic (exact) mass is 341 g/mol. The van der Waals surface area contributed by atoms with Crippen LogP contribution in [0.3, 0.4) is 0 Å². The molecule has 0 aliphatic heterocycles. The van der Waals surface area contributed by atoms with Gasteiger partial charge < -0.3 is 10.1 Å². The molecule has 0 bridgehead atoms. The number of rotatable bonds is 4. The minimum atomic E-state index is 0.798. The van der Waals surface area contributed by atoms with Crippen LogP contribution in [0.1, 0.15) is 5.56 Å². The van der Waals surface area contributed by atoms with E-state index in [0.717, 1.165) is 22.5 Å². The molecule has 1 N–H and O–H groups in total. The van der Waals surface area contributed by atoms with Gasteiger partial charge in [0, 0.05) is 16.7 Å². The van der Waals surface area contributed by atoms with Crippen molar-refractivity contribution in [1.82, 2.24) is 0 Å². The number of anilines is 1. The van der Waals surface area contributed by atoms with E-state index in [1.54, 1.807) is 7.11 Å². The summed E-state index contributed by atoms with van der Waals surface area (Å²) in [6, 6.07) is 20.8. The van der Waals surface area contributed by atoms with Crippen LogP contribution in [0.4, 0.5) is 5.69 Å². The molecule has 3 aromatic rings. The number of halogens is 1. The molecule has 0 atom stereocenters. The van der Waals surface area contributed by atoms with Crippen molar-refractivity contribution in [1.29, 1.82) is 0 Å². The first kappa shape index (κ1) is 14.0. The van der Waals surface area contributed by atoms with Crippen molar-refractivity contribution in [3.8, 4) is 5.75 Å². The third-order valence-corrected chi connectivity index (χ3v) is 3.95. The molecule has 0 aromatic heterocycles. The largest absolute Gasteiger partial charge is 0.497 e. The van der Waals surface area contributed by atoms with Gasteiger partial charge in [0.2, 0.25) is 0 Å². The summed E-state index contributed by atoms with van der Waals surface area (Å²) >= 11 is 3.50. The van der Waals surface area contributed by atoms with E-state index in [-0.39, 0.29) is 0 Å². The summed E-state index contributed by atoms with van der Waals surface area (Å²) in [5, 5.41) is 5.92. The summed E-state index contributed by atoms with van der Waals surface area (Å²) in [7, 11) is 1.68. The van der Waals surface area contributed by atoms with Gasteiger partial charge >= 0.3 is 0 Å². The standard InChI is InChI=1S/C18H16BrNO/c1-21-18-8-2-13(3-9-18)12-20-17-7-5-14-10-16(19)6-4-15(14)11-17/h2-11,20H,12H2,1H3. The molecule has 0 fully saturated rings. The van der Waals surface area contributed by atoms with Gasteiger partial charge in [0.1, 0.15) is 5.75 Å². The normalized spacial score (nSPS) is 10.6. The summed E-state index contributed by atoms with van der Waals surface area (Å²) in [5.74, 6) is 0.884. The fourth-order valence-electron chi connectivity index (χ4n) is 2.27. The molecule has 0 saturated heterocycles. The van der Waals surface area contributed by atoms with Gasteiger partial charge in [-0.25, -0.2) is 0 Å². The quantitative estimate of drug-likeness (QED) is 0.702. The highest BCUT2D eigenvalue weighted by molar-refractivity contribution is 9.10. The van der Waals surface area contributed by atoms with Crippen LogP contribution in [0.15, 0.2) is 65.1 Å². The Bertz CT molecular complexity index is 753. The van der Waals surface area contributed by atoms with E-state index >= 15 is 0 Å². The maximum atomic E-state index is 5.17. The fourth-order valence-corrected chi connectivity index (χ4v) is 2.65. The summed E-state index contributed by atoms with van der Waals surface area (Å²) < 4.78 is 6.27. The Morgan fingerprint density at radius 1 is 0.905 bits per heavy atom. The second-order valence-electron chi connectivity index (χ2n) is 4.91. The number of hydrogen-bond donors (Lipinski definition) is 1. The lowest BCUT2D eigenvalue weighted by Gasteiger charge is -2.09. The van der Waals surface area contributed by atoms with Gasteiger partial charge in [0.15, 0.2) is 0 Å². The zero-order valence-corrected chi connectivity index (χ0v) is 13.4. The van der Waals surface area contributed by atoms with Crippen LogP contribution in [0, 0.1) is 0 Å². The Morgan fingerprint density at radius 2 is 1.62 bits per heavy atom. The summed E-state index contributed by atoms with van der Waals surface area (Å²) in [4.78, 5) is 0. The maximum absolute atomic E-state index is 5.17. The molecule has 0 radical (unpaired) electrons. The highest BCUT2D eigenvalue weighted by Gasteiger charge is 1.99. The average Bonchev–Trinajstić information content (AvgIpc) is 2.53. The molecular formula is C18H16BrNO. The Labute approximate surface area is 132 Å². The van der Waals surface area contributed by atoms with Crippen LogP contribution in [0.5, 0.6) is 5.75 Å². The van der Waals surface area contributed by atoms with Crippen LogP contribution in [-0.2, 0) is 6.54 Å². The molecule has 0 unspecified atom stereocenters. The van der Waals surface area contributed by atoms with Crippen molar-refractivity contribution < 1.29 is 4.74 Å². The van der Waals surface area contributed by atoms with Crippen LogP contribution in [0.25, 0.3) is 10.8 Å². The van der Waals surface area contributed by atoms with Gasteiger partial charge in [-0.15, -0.1) is 0 Å². The van der Waals surface area contributed by atoms with Gasteiger partial charge in [-0.2, -0.15) is 0 Å². The van der Waals surface area contributed by atoms with Crippen molar-refractivity contribution in [2.75, 3.05) is 12.4 Å². The molecule has 106 valence electrons. The van der Waals surface area contributed by atoms with Gasteiger partial charge in [0.25, 0.3) is 0 Å². The highest BCUT2D eigenvalue weighted by atomic mass is 79.9. The summed E-state index contributed by atoms with van der Waals surface area (Å²) in [6.07, 6.45) is 0. The number of nitrogens with one attached hydrogen (secondary N) is 1. The van der Waals surface area contributed by atoms with E-state index in [4.69, 9.17) is 4.74 Å². The highest BCUT2D eigenvalue weighted by Crippen LogP contribution is 2.23. The van der Waals surface area contributed by atoms with E-state index in [0.29, 0.717) is 0 Å². The van der Waals surface area contributed by atoms with Crippen LogP contribution in [0.2, 0.25) is 0 Å². The second-order valence-corrected chi connectivity index (χ2v) is 5.82. The molecule has 0 aliphatic carbocycles. The predicted octanol–water partition coefficient (Wildman–Crippen LogP) is 5.22. The Hall–Kier alpha value is -2.00. The smallest absolute Gasteiger partial charge is 0.118 e. The molecule has 3 rings (SSSR count). The third-order valence-electron chi connectivity index (χ3n) is 3.46. The first-order valence-electron chi connectivity index (χ1n) is 6.81. The predicted molar refractivity (Wildman–Crippen MR) is 92.0 cm³/mol.